The normalized spacial score (nSPS) is 20.9. The average molecular weight is 259 g/mol. The standard InChI is InChI=1S/C13H13N3O3/c1-8-12(13(17)16-9-6-14-15-7-9)19-11-5-3-2-4-10(11)18-8/h2-8,12H,1H3,(H,14,15)(H,16,17)/t8-,12-/m0/s1. The number of ether oxygens (including phenoxy) is 2. The zero-order valence-corrected chi connectivity index (χ0v) is 10.3. The van der Waals surface area contributed by atoms with Gasteiger partial charge >= 0.3 is 0 Å². The first-order valence-electron chi connectivity index (χ1n) is 5.96. The van der Waals surface area contributed by atoms with Gasteiger partial charge in [-0.25, -0.2) is 0 Å². The molecule has 0 aliphatic carbocycles. The number of hydrogen-bond acceptors (Lipinski definition) is 4. The van der Waals surface area contributed by atoms with Crippen molar-refractivity contribution >= 4 is 11.6 Å². The zero-order chi connectivity index (χ0) is 13.2. The molecule has 0 unspecified atom stereocenters. The topological polar surface area (TPSA) is 76.2 Å². The summed E-state index contributed by atoms with van der Waals surface area (Å²) >= 11 is 0. The molecule has 2 N–H and O–H groups in total. The third-order valence-electron chi connectivity index (χ3n) is 2.87. The summed E-state index contributed by atoms with van der Waals surface area (Å²) < 4.78 is 11.4. The lowest BCUT2D eigenvalue weighted by atomic mass is 10.1. The van der Waals surface area contributed by atoms with Crippen LogP contribution in [0.5, 0.6) is 11.5 Å². The Balaban J connectivity index is 1.77. The molecule has 0 bridgehead atoms. The number of anilines is 1. The van der Waals surface area contributed by atoms with Crippen molar-refractivity contribution in [2.75, 3.05) is 5.32 Å². The number of nitrogens with one attached hydrogen (secondary N) is 2. The molecule has 0 spiro atoms. The summed E-state index contributed by atoms with van der Waals surface area (Å²) in [5, 5.41) is 9.11. The van der Waals surface area contributed by atoms with Gasteiger partial charge < -0.3 is 14.8 Å². The first-order valence-corrected chi connectivity index (χ1v) is 5.96. The van der Waals surface area contributed by atoms with E-state index in [-0.39, 0.29) is 12.0 Å². The largest absolute Gasteiger partial charge is 0.482 e. The number of carbonyl (C=O) groups is 1. The highest BCUT2D eigenvalue weighted by molar-refractivity contribution is 5.94. The predicted molar refractivity (Wildman–Crippen MR) is 68.2 cm³/mol. The van der Waals surface area contributed by atoms with Gasteiger partial charge in [-0.3, -0.25) is 9.89 Å². The summed E-state index contributed by atoms with van der Waals surface area (Å²) in [5.41, 5.74) is 0.597. The second-order valence-corrected chi connectivity index (χ2v) is 4.28. The molecular weight excluding hydrogens is 246 g/mol. The molecule has 2 aromatic rings. The number of aromatic nitrogens is 2. The molecule has 0 fully saturated rings. The Kier molecular flexibility index (Phi) is 2.83. The maximum atomic E-state index is 12.1. The Morgan fingerprint density at radius 1 is 1.32 bits per heavy atom. The highest BCUT2D eigenvalue weighted by Gasteiger charge is 2.34. The fraction of sp³-hybridized carbons (Fsp3) is 0.231. The number of benzene rings is 1. The highest BCUT2D eigenvalue weighted by Crippen LogP contribution is 2.33. The maximum Gasteiger partial charge on any atom is 0.269 e. The van der Waals surface area contributed by atoms with Crippen molar-refractivity contribution in [2.24, 2.45) is 0 Å². The summed E-state index contributed by atoms with van der Waals surface area (Å²) in [6, 6.07) is 7.29. The number of carbonyl (C=O) groups excluding carboxylic acids is 1. The van der Waals surface area contributed by atoms with Crippen molar-refractivity contribution in [1.82, 2.24) is 10.2 Å². The van der Waals surface area contributed by atoms with Gasteiger partial charge in [0.15, 0.2) is 11.5 Å². The summed E-state index contributed by atoms with van der Waals surface area (Å²) in [6.45, 7) is 1.80. The Labute approximate surface area is 109 Å². The van der Waals surface area contributed by atoms with E-state index in [1.165, 1.54) is 6.20 Å². The van der Waals surface area contributed by atoms with Crippen LogP contribution < -0.4 is 14.8 Å². The Morgan fingerprint density at radius 2 is 2.05 bits per heavy atom. The molecule has 1 aromatic heterocycles. The van der Waals surface area contributed by atoms with Crippen LogP contribution in [0, 0.1) is 0 Å². The molecule has 0 saturated heterocycles. The van der Waals surface area contributed by atoms with Gasteiger partial charge in [0, 0.05) is 6.20 Å². The van der Waals surface area contributed by atoms with Crippen LogP contribution >= 0.6 is 0 Å². The van der Waals surface area contributed by atoms with Gasteiger partial charge in [0.05, 0.1) is 11.9 Å². The predicted octanol–water partition coefficient (Wildman–Crippen LogP) is 1.58. The minimum Gasteiger partial charge on any atom is -0.482 e. The molecule has 6 nitrogen and oxygen atoms in total. The molecule has 98 valence electrons. The van der Waals surface area contributed by atoms with E-state index in [4.69, 9.17) is 9.47 Å². The molecule has 1 aliphatic rings. The van der Waals surface area contributed by atoms with Crippen molar-refractivity contribution in [3.05, 3.63) is 36.7 Å². The van der Waals surface area contributed by atoms with E-state index in [2.05, 4.69) is 15.5 Å². The number of aromatic amines is 1. The molecule has 0 radical (unpaired) electrons. The first kappa shape index (κ1) is 11.6. The quantitative estimate of drug-likeness (QED) is 0.858. The number of amides is 1. The molecular formula is C13H13N3O3. The summed E-state index contributed by atoms with van der Waals surface area (Å²) in [4.78, 5) is 12.1. The van der Waals surface area contributed by atoms with Crippen molar-refractivity contribution in [1.29, 1.82) is 0 Å². The second-order valence-electron chi connectivity index (χ2n) is 4.28. The highest BCUT2D eigenvalue weighted by atomic mass is 16.6. The monoisotopic (exact) mass is 259 g/mol. The van der Waals surface area contributed by atoms with Crippen LogP contribution in [0.4, 0.5) is 5.69 Å². The lowest BCUT2D eigenvalue weighted by molar-refractivity contribution is -0.128. The van der Waals surface area contributed by atoms with Crippen molar-refractivity contribution in [3.8, 4) is 11.5 Å². The SMILES string of the molecule is C[C@@H]1Oc2ccccc2O[C@@H]1C(=O)Nc1cn[nH]c1. The first-order chi connectivity index (χ1) is 9.24. The van der Waals surface area contributed by atoms with Crippen LogP contribution in [0.15, 0.2) is 36.7 Å². The number of nitrogens with zero attached hydrogens (tertiary/aromatic N) is 1. The van der Waals surface area contributed by atoms with Gasteiger partial charge in [-0.05, 0) is 19.1 Å². The lowest BCUT2D eigenvalue weighted by Gasteiger charge is -2.30. The number of H-pyrrole nitrogens is 1. The van der Waals surface area contributed by atoms with E-state index in [1.54, 1.807) is 19.2 Å². The molecule has 1 aliphatic heterocycles. The molecule has 2 heterocycles. The molecule has 6 heteroatoms. The van der Waals surface area contributed by atoms with Gasteiger partial charge in [0.25, 0.3) is 5.91 Å². The fourth-order valence-corrected chi connectivity index (χ4v) is 1.94. The van der Waals surface area contributed by atoms with Crippen LogP contribution in [0.1, 0.15) is 6.92 Å². The Bertz CT molecular complexity index is 583. The number of para-hydroxylation sites is 2. The van der Waals surface area contributed by atoms with Crippen molar-refractivity contribution in [3.63, 3.8) is 0 Å². The van der Waals surface area contributed by atoms with E-state index in [0.717, 1.165) is 0 Å². The third kappa shape index (κ3) is 2.24. The van der Waals surface area contributed by atoms with Gasteiger partial charge in [-0.1, -0.05) is 12.1 Å². The van der Waals surface area contributed by atoms with E-state index >= 15 is 0 Å². The molecule has 19 heavy (non-hydrogen) atoms. The van der Waals surface area contributed by atoms with Gasteiger partial charge in [0.2, 0.25) is 6.10 Å². The zero-order valence-electron chi connectivity index (χ0n) is 10.3. The number of hydrogen-bond donors (Lipinski definition) is 2. The molecule has 2 atom stereocenters. The minimum atomic E-state index is -0.690. The van der Waals surface area contributed by atoms with E-state index < -0.39 is 6.10 Å². The summed E-state index contributed by atoms with van der Waals surface area (Å²) in [5.74, 6) is 0.971. The summed E-state index contributed by atoms with van der Waals surface area (Å²) in [7, 11) is 0. The molecule has 1 amide bonds. The third-order valence-corrected chi connectivity index (χ3v) is 2.87. The van der Waals surface area contributed by atoms with Crippen LogP contribution in [-0.4, -0.2) is 28.3 Å². The Morgan fingerprint density at radius 3 is 2.74 bits per heavy atom. The van der Waals surface area contributed by atoms with Crippen molar-refractivity contribution < 1.29 is 14.3 Å². The van der Waals surface area contributed by atoms with Crippen LogP contribution in [0.25, 0.3) is 0 Å². The number of rotatable bonds is 2. The van der Waals surface area contributed by atoms with Crippen LogP contribution in [0.3, 0.4) is 0 Å². The molecule has 0 saturated carbocycles. The lowest BCUT2D eigenvalue weighted by Crippen LogP contribution is -2.46. The molecule has 3 rings (SSSR count). The smallest absolute Gasteiger partial charge is 0.269 e. The minimum absolute atomic E-state index is 0.261. The summed E-state index contributed by atoms with van der Waals surface area (Å²) in [6.07, 6.45) is 2.08. The van der Waals surface area contributed by atoms with Gasteiger partial charge in [-0.2, -0.15) is 5.10 Å². The average Bonchev–Trinajstić information content (AvgIpc) is 2.90. The fourth-order valence-electron chi connectivity index (χ4n) is 1.94. The maximum absolute atomic E-state index is 12.1. The van der Waals surface area contributed by atoms with E-state index in [1.807, 2.05) is 18.2 Å². The molecule has 1 aromatic carbocycles. The van der Waals surface area contributed by atoms with E-state index in [9.17, 15) is 4.79 Å². The van der Waals surface area contributed by atoms with Crippen LogP contribution in [-0.2, 0) is 4.79 Å². The second kappa shape index (κ2) is 4.64. The van der Waals surface area contributed by atoms with Crippen molar-refractivity contribution in [2.45, 2.75) is 19.1 Å². The number of fused-ring (bicyclic) bond motifs is 1. The van der Waals surface area contributed by atoms with Crippen LogP contribution in [0.2, 0.25) is 0 Å². The van der Waals surface area contributed by atoms with Gasteiger partial charge in [0.1, 0.15) is 6.10 Å². The van der Waals surface area contributed by atoms with E-state index in [0.29, 0.717) is 17.2 Å². The van der Waals surface area contributed by atoms with Gasteiger partial charge in [-0.15, -0.1) is 0 Å². The Hall–Kier alpha value is -2.50.